The molecule has 0 rings (SSSR count). The second-order valence-electron chi connectivity index (χ2n) is 3.27. The van der Waals surface area contributed by atoms with Gasteiger partial charge in [0.2, 0.25) is 0 Å². The normalized spacial score (nSPS) is 10.9. The molecule has 0 saturated carbocycles. The number of hydrogen-bond donors (Lipinski definition) is 2. The molecule has 0 aromatic rings. The quantitative estimate of drug-likeness (QED) is 0.313. The molecule has 0 fully saturated rings. The zero-order chi connectivity index (χ0) is 12.1. The third-order valence-electron chi connectivity index (χ3n) is 1.96. The predicted molar refractivity (Wildman–Crippen MR) is 62.3 cm³/mol. The van der Waals surface area contributed by atoms with Gasteiger partial charge in [0, 0.05) is 26.2 Å². The van der Waals surface area contributed by atoms with Crippen LogP contribution in [0.5, 0.6) is 0 Å². The number of ether oxygens (including phenoxy) is 2. The Kier molecular flexibility index (Phi) is 12.1. The van der Waals surface area contributed by atoms with Crippen molar-refractivity contribution in [3.05, 3.63) is 0 Å². The number of hydrogen-bond acceptors (Lipinski definition) is 6. The maximum Gasteiger partial charge on any atom is 0.133 e. The summed E-state index contributed by atoms with van der Waals surface area (Å²) in [5, 5.41) is 0. The molecular weight excluding hydrogens is 210 g/mol. The third-order valence-corrected chi connectivity index (χ3v) is 1.96. The highest BCUT2D eigenvalue weighted by Gasteiger charge is 2.03. The topological polar surface area (TPSA) is 90.8 Å². The minimum atomic E-state index is 0.401. The molecule has 6 nitrogen and oxygen atoms in total. The Bertz CT molecular complexity index is 146. The lowest BCUT2D eigenvalue weighted by atomic mass is 10.4. The molecular formula is C10H23N3O3. The summed E-state index contributed by atoms with van der Waals surface area (Å²) in [7, 11) is 0. The van der Waals surface area contributed by atoms with Crippen molar-refractivity contribution in [3.63, 3.8) is 0 Å². The van der Waals surface area contributed by atoms with Crippen LogP contribution in [0.25, 0.3) is 0 Å². The van der Waals surface area contributed by atoms with Crippen LogP contribution >= 0.6 is 0 Å². The molecule has 0 saturated heterocycles. The van der Waals surface area contributed by atoms with Crippen molar-refractivity contribution in [2.45, 2.75) is 0 Å². The maximum absolute atomic E-state index is 10.4. The standard InChI is InChI=1S/C10H23N3O3/c11-1-7-15-9-4-13(3-6-14)5-10-16-8-2-12/h6H,1-5,7-12H2. The predicted octanol–water partition coefficient (Wildman–Crippen LogP) is -1.56. The molecule has 0 aliphatic rings. The smallest absolute Gasteiger partial charge is 0.133 e. The number of rotatable bonds is 12. The number of aldehydes is 1. The van der Waals surface area contributed by atoms with E-state index in [1.54, 1.807) is 0 Å². The van der Waals surface area contributed by atoms with E-state index in [0.29, 0.717) is 59.2 Å². The third kappa shape index (κ3) is 10.0. The van der Waals surface area contributed by atoms with Gasteiger partial charge in [0.1, 0.15) is 6.29 Å². The Morgan fingerprint density at radius 2 is 1.44 bits per heavy atom. The lowest BCUT2D eigenvalue weighted by molar-refractivity contribution is -0.109. The Hall–Kier alpha value is -0.530. The lowest BCUT2D eigenvalue weighted by Crippen LogP contribution is -2.33. The highest BCUT2D eigenvalue weighted by Crippen LogP contribution is 1.88. The summed E-state index contributed by atoms with van der Waals surface area (Å²) >= 11 is 0. The molecule has 0 spiro atoms. The summed E-state index contributed by atoms with van der Waals surface area (Å²) in [6.07, 6.45) is 0.881. The van der Waals surface area contributed by atoms with Gasteiger partial charge >= 0.3 is 0 Å². The molecule has 6 heteroatoms. The molecule has 0 aromatic heterocycles. The number of carbonyl (C=O) groups excluding carboxylic acids is 1. The first kappa shape index (κ1) is 15.5. The number of carbonyl (C=O) groups is 1. The van der Waals surface area contributed by atoms with E-state index >= 15 is 0 Å². The molecule has 4 N–H and O–H groups in total. The molecule has 16 heavy (non-hydrogen) atoms. The van der Waals surface area contributed by atoms with E-state index in [0.717, 1.165) is 6.29 Å². The van der Waals surface area contributed by atoms with Crippen molar-refractivity contribution in [1.29, 1.82) is 0 Å². The van der Waals surface area contributed by atoms with Gasteiger partial charge in [-0.3, -0.25) is 4.90 Å². The van der Waals surface area contributed by atoms with Crippen LogP contribution in [-0.2, 0) is 14.3 Å². The van der Waals surface area contributed by atoms with Gasteiger partial charge in [-0.05, 0) is 0 Å². The van der Waals surface area contributed by atoms with Gasteiger partial charge in [-0.15, -0.1) is 0 Å². The zero-order valence-corrected chi connectivity index (χ0v) is 9.77. The molecule has 0 bridgehead atoms. The summed E-state index contributed by atoms with van der Waals surface area (Å²) in [6.45, 7) is 5.15. The Labute approximate surface area is 96.9 Å². The molecule has 96 valence electrons. The van der Waals surface area contributed by atoms with Crippen LogP contribution in [0.1, 0.15) is 0 Å². The van der Waals surface area contributed by atoms with Gasteiger partial charge < -0.3 is 25.7 Å². The fraction of sp³-hybridized carbons (Fsp3) is 0.900. The van der Waals surface area contributed by atoms with Crippen LogP contribution in [0.15, 0.2) is 0 Å². The fourth-order valence-electron chi connectivity index (χ4n) is 1.16. The van der Waals surface area contributed by atoms with Crippen molar-refractivity contribution in [2.24, 2.45) is 11.5 Å². The number of nitrogens with two attached hydrogens (primary N) is 2. The highest BCUT2D eigenvalue weighted by atomic mass is 16.5. The first-order chi connectivity index (χ1) is 7.85. The molecule has 0 aromatic carbocycles. The molecule has 0 unspecified atom stereocenters. The SMILES string of the molecule is NCCOCCN(CC=O)CCOCCN. The Morgan fingerprint density at radius 1 is 0.938 bits per heavy atom. The second kappa shape index (κ2) is 12.5. The molecule has 0 heterocycles. The Morgan fingerprint density at radius 3 is 1.81 bits per heavy atom. The van der Waals surface area contributed by atoms with Crippen LogP contribution in [-0.4, -0.2) is 70.3 Å². The molecule has 0 radical (unpaired) electrons. The minimum Gasteiger partial charge on any atom is -0.379 e. The highest BCUT2D eigenvalue weighted by molar-refractivity contribution is 5.51. The van der Waals surface area contributed by atoms with Gasteiger partial charge in [-0.1, -0.05) is 0 Å². The van der Waals surface area contributed by atoms with Crippen molar-refractivity contribution in [1.82, 2.24) is 4.90 Å². The van der Waals surface area contributed by atoms with Gasteiger partial charge in [-0.25, -0.2) is 0 Å². The maximum atomic E-state index is 10.4. The summed E-state index contributed by atoms with van der Waals surface area (Å²) < 4.78 is 10.5. The van der Waals surface area contributed by atoms with E-state index in [1.165, 1.54) is 0 Å². The largest absolute Gasteiger partial charge is 0.379 e. The van der Waals surface area contributed by atoms with Gasteiger partial charge in [0.05, 0.1) is 33.0 Å². The van der Waals surface area contributed by atoms with Crippen molar-refractivity contribution in [3.8, 4) is 0 Å². The van der Waals surface area contributed by atoms with E-state index in [-0.39, 0.29) is 0 Å². The fourth-order valence-corrected chi connectivity index (χ4v) is 1.16. The van der Waals surface area contributed by atoms with Crippen LogP contribution < -0.4 is 11.5 Å². The van der Waals surface area contributed by atoms with Crippen molar-refractivity contribution < 1.29 is 14.3 Å². The van der Waals surface area contributed by atoms with E-state index in [4.69, 9.17) is 20.9 Å². The monoisotopic (exact) mass is 233 g/mol. The summed E-state index contributed by atoms with van der Waals surface area (Å²) in [5.74, 6) is 0. The summed E-state index contributed by atoms with van der Waals surface area (Å²) in [6, 6.07) is 0. The Balaban J connectivity index is 3.49. The van der Waals surface area contributed by atoms with Crippen LogP contribution in [0.2, 0.25) is 0 Å². The molecule has 0 aliphatic carbocycles. The second-order valence-corrected chi connectivity index (χ2v) is 3.27. The molecule has 0 atom stereocenters. The van der Waals surface area contributed by atoms with E-state index in [1.807, 2.05) is 4.90 Å². The number of nitrogens with zero attached hydrogens (tertiary/aromatic N) is 1. The van der Waals surface area contributed by atoms with Gasteiger partial charge in [-0.2, -0.15) is 0 Å². The first-order valence-corrected chi connectivity index (χ1v) is 5.56. The van der Waals surface area contributed by atoms with Crippen LogP contribution in [0, 0.1) is 0 Å². The average Bonchev–Trinajstić information content (AvgIpc) is 2.30. The van der Waals surface area contributed by atoms with Gasteiger partial charge in [0.15, 0.2) is 0 Å². The van der Waals surface area contributed by atoms with Crippen molar-refractivity contribution >= 4 is 6.29 Å². The van der Waals surface area contributed by atoms with Crippen molar-refractivity contribution in [2.75, 3.05) is 59.2 Å². The molecule has 0 aliphatic heterocycles. The van der Waals surface area contributed by atoms with E-state index in [9.17, 15) is 4.79 Å². The summed E-state index contributed by atoms with van der Waals surface area (Å²) in [5.41, 5.74) is 10.6. The minimum absolute atomic E-state index is 0.401. The molecule has 0 amide bonds. The van der Waals surface area contributed by atoms with Crippen LogP contribution in [0.3, 0.4) is 0 Å². The van der Waals surface area contributed by atoms with Gasteiger partial charge in [0.25, 0.3) is 0 Å². The van der Waals surface area contributed by atoms with E-state index in [2.05, 4.69) is 0 Å². The van der Waals surface area contributed by atoms with E-state index < -0.39 is 0 Å². The average molecular weight is 233 g/mol. The first-order valence-electron chi connectivity index (χ1n) is 5.56. The lowest BCUT2D eigenvalue weighted by Gasteiger charge is -2.19. The zero-order valence-electron chi connectivity index (χ0n) is 9.77. The summed E-state index contributed by atoms with van der Waals surface area (Å²) in [4.78, 5) is 12.4. The van der Waals surface area contributed by atoms with Crippen LogP contribution in [0.4, 0.5) is 0 Å².